The summed E-state index contributed by atoms with van der Waals surface area (Å²) in [5.74, 6) is 1.77. The second kappa shape index (κ2) is 5.12. The summed E-state index contributed by atoms with van der Waals surface area (Å²) in [6.07, 6.45) is 4.52. The lowest BCUT2D eigenvalue weighted by molar-refractivity contribution is 0.111. The van der Waals surface area contributed by atoms with Crippen molar-refractivity contribution in [2.24, 2.45) is 5.92 Å². The van der Waals surface area contributed by atoms with Crippen LogP contribution in [0.5, 0.6) is 0 Å². The van der Waals surface area contributed by atoms with E-state index in [1.807, 2.05) is 12.3 Å². The van der Waals surface area contributed by atoms with E-state index in [0.717, 1.165) is 24.9 Å². The summed E-state index contributed by atoms with van der Waals surface area (Å²) in [6, 6.07) is 4.06. The summed E-state index contributed by atoms with van der Waals surface area (Å²) in [4.78, 5) is 4.22. The van der Waals surface area contributed by atoms with Crippen LogP contribution in [0.2, 0.25) is 0 Å². The molecule has 0 amide bonds. The second-order valence-electron chi connectivity index (χ2n) is 4.04. The second-order valence-corrected chi connectivity index (χ2v) is 4.04. The van der Waals surface area contributed by atoms with Crippen molar-refractivity contribution in [3.05, 3.63) is 23.9 Å². The number of ether oxygens (including phenoxy) is 1. The molecule has 0 bridgehead atoms. The summed E-state index contributed by atoms with van der Waals surface area (Å²) in [5.41, 5.74) is 1.20. The highest BCUT2D eigenvalue weighted by molar-refractivity contribution is 5.36. The summed E-state index contributed by atoms with van der Waals surface area (Å²) < 4.78 is 5.62. The largest absolute Gasteiger partial charge is 0.376 e. The third-order valence-corrected chi connectivity index (χ3v) is 2.50. The van der Waals surface area contributed by atoms with Gasteiger partial charge in [0.15, 0.2) is 0 Å². The Bertz CT molecular complexity index is 310. The number of hydrogen-bond donors (Lipinski definition) is 1. The lowest BCUT2D eigenvalue weighted by Crippen LogP contribution is -2.01. The van der Waals surface area contributed by atoms with Crippen LogP contribution in [0.1, 0.15) is 25.3 Å². The molecular weight excluding hydrogens is 188 g/mol. The molecule has 0 spiro atoms. The third kappa shape index (κ3) is 3.51. The Morgan fingerprint density at radius 2 is 2.40 bits per heavy atom. The quantitative estimate of drug-likeness (QED) is 0.776. The van der Waals surface area contributed by atoms with Gasteiger partial charge in [-0.1, -0.05) is 0 Å². The number of pyridine rings is 1. The summed E-state index contributed by atoms with van der Waals surface area (Å²) in [7, 11) is 0. The van der Waals surface area contributed by atoms with Gasteiger partial charge in [0.2, 0.25) is 0 Å². The van der Waals surface area contributed by atoms with Crippen LogP contribution < -0.4 is 5.32 Å². The van der Waals surface area contributed by atoms with Crippen LogP contribution in [0.4, 0.5) is 5.82 Å². The van der Waals surface area contributed by atoms with Crippen molar-refractivity contribution < 1.29 is 4.74 Å². The van der Waals surface area contributed by atoms with E-state index in [9.17, 15) is 0 Å². The molecule has 1 aromatic heterocycles. The van der Waals surface area contributed by atoms with Gasteiger partial charge in [0.25, 0.3) is 0 Å². The highest BCUT2D eigenvalue weighted by Gasteiger charge is 2.20. The van der Waals surface area contributed by atoms with Crippen LogP contribution in [0.25, 0.3) is 0 Å². The van der Waals surface area contributed by atoms with Crippen molar-refractivity contribution in [2.75, 3.05) is 18.5 Å². The Balaban J connectivity index is 1.80. The van der Waals surface area contributed by atoms with Gasteiger partial charge in [-0.15, -0.1) is 0 Å². The minimum Gasteiger partial charge on any atom is -0.376 e. The monoisotopic (exact) mass is 206 g/mol. The Morgan fingerprint density at radius 3 is 3.13 bits per heavy atom. The fourth-order valence-corrected chi connectivity index (χ4v) is 1.47. The molecule has 0 saturated heterocycles. The van der Waals surface area contributed by atoms with Crippen LogP contribution in [0.3, 0.4) is 0 Å². The van der Waals surface area contributed by atoms with E-state index in [0.29, 0.717) is 6.61 Å². The molecule has 0 radical (unpaired) electrons. The first-order valence-electron chi connectivity index (χ1n) is 5.65. The Kier molecular flexibility index (Phi) is 3.56. The zero-order valence-corrected chi connectivity index (χ0v) is 9.20. The van der Waals surface area contributed by atoms with Crippen molar-refractivity contribution in [1.29, 1.82) is 0 Å². The van der Waals surface area contributed by atoms with Gasteiger partial charge in [0, 0.05) is 19.3 Å². The zero-order chi connectivity index (χ0) is 10.5. The highest BCUT2D eigenvalue weighted by Crippen LogP contribution is 2.29. The number of rotatable bonds is 6. The molecule has 15 heavy (non-hydrogen) atoms. The number of anilines is 1. The minimum atomic E-state index is 0.706. The van der Waals surface area contributed by atoms with Crippen LogP contribution >= 0.6 is 0 Å². The first kappa shape index (κ1) is 10.4. The molecular formula is C12H18N2O. The maximum absolute atomic E-state index is 5.62. The molecule has 1 saturated carbocycles. The third-order valence-electron chi connectivity index (χ3n) is 2.50. The van der Waals surface area contributed by atoms with E-state index in [-0.39, 0.29) is 0 Å². The van der Waals surface area contributed by atoms with Crippen molar-refractivity contribution in [3.63, 3.8) is 0 Å². The molecule has 2 rings (SSSR count). The van der Waals surface area contributed by atoms with E-state index in [2.05, 4.69) is 23.3 Å². The normalized spacial score (nSPS) is 15.3. The van der Waals surface area contributed by atoms with E-state index < -0.39 is 0 Å². The molecule has 82 valence electrons. The van der Waals surface area contributed by atoms with Gasteiger partial charge in [-0.05, 0) is 43.4 Å². The number of aromatic nitrogens is 1. The summed E-state index contributed by atoms with van der Waals surface area (Å²) in [5, 5.41) is 3.19. The van der Waals surface area contributed by atoms with E-state index in [1.165, 1.54) is 18.4 Å². The highest BCUT2D eigenvalue weighted by atomic mass is 16.5. The maximum atomic E-state index is 5.62. The van der Waals surface area contributed by atoms with Crippen molar-refractivity contribution >= 4 is 5.82 Å². The maximum Gasteiger partial charge on any atom is 0.126 e. The molecule has 3 nitrogen and oxygen atoms in total. The fourth-order valence-electron chi connectivity index (χ4n) is 1.47. The van der Waals surface area contributed by atoms with E-state index in [1.54, 1.807) is 0 Å². The Labute approximate surface area is 90.9 Å². The van der Waals surface area contributed by atoms with Crippen LogP contribution in [-0.2, 0) is 11.3 Å². The van der Waals surface area contributed by atoms with Crippen LogP contribution in [-0.4, -0.2) is 18.1 Å². The predicted molar refractivity (Wildman–Crippen MR) is 60.8 cm³/mol. The molecule has 1 N–H and O–H groups in total. The van der Waals surface area contributed by atoms with Crippen molar-refractivity contribution in [1.82, 2.24) is 4.98 Å². The first-order valence-corrected chi connectivity index (χ1v) is 5.65. The van der Waals surface area contributed by atoms with Gasteiger partial charge >= 0.3 is 0 Å². The van der Waals surface area contributed by atoms with Crippen molar-refractivity contribution in [3.8, 4) is 0 Å². The summed E-state index contributed by atoms with van der Waals surface area (Å²) >= 11 is 0. The van der Waals surface area contributed by atoms with E-state index >= 15 is 0 Å². The average Bonchev–Trinajstić information content (AvgIpc) is 3.03. The molecule has 0 aromatic carbocycles. The fraction of sp³-hybridized carbons (Fsp3) is 0.583. The molecule has 1 aliphatic carbocycles. The minimum absolute atomic E-state index is 0.706. The number of nitrogens with zero attached hydrogens (tertiary/aromatic N) is 1. The van der Waals surface area contributed by atoms with Gasteiger partial charge in [-0.3, -0.25) is 0 Å². The standard InChI is InChI=1S/C12H18N2O/c1-2-13-12-7-11(5-6-14-12)9-15-8-10-3-4-10/h5-7,10H,2-4,8-9H2,1H3,(H,13,14). The topological polar surface area (TPSA) is 34.1 Å². The van der Waals surface area contributed by atoms with Gasteiger partial charge in [-0.2, -0.15) is 0 Å². The lowest BCUT2D eigenvalue weighted by atomic mass is 10.3. The lowest BCUT2D eigenvalue weighted by Gasteiger charge is -2.06. The average molecular weight is 206 g/mol. The molecule has 0 aliphatic heterocycles. The Morgan fingerprint density at radius 1 is 1.53 bits per heavy atom. The van der Waals surface area contributed by atoms with Crippen LogP contribution in [0, 0.1) is 5.92 Å². The molecule has 3 heteroatoms. The smallest absolute Gasteiger partial charge is 0.126 e. The molecule has 1 aliphatic rings. The predicted octanol–water partition coefficient (Wildman–Crippen LogP) is 2.44. The first-order chi connectivity index (χ1) is 7.38. The molecule has 0 atom stereocenters. The zero-order valence-electron chi connectivity index (χ0n) is 9.20. The molecule has 1 heterocycles. The molecule has 0 unspecified atom stereocenters. The number of nitrogens with one attached hydrogen (secondary N) is 1. The van der Waals surface area contributed by atoms with Crippen molar-refractivity contribution in [2.45, 2.75) is 26.4 Å². The van der Waals surface area contributed by atoms with Gasteiger partial charge < -0.3 is 10.1 Å². The Hall–Kier alpha value is -1.09. The van der Waals surface area contributed by atoms with Crippen LogP contribution in [0.15, 0.2) is 18.3 Å². The molecule has 1 fully saturated rings. The molecule has 1 aromatic rings. The van der Waals surface area contributed by atoms with Gasteiger partial charge in [0.1, 0.15) is 5.82 Å². The van der Waals surface area contributed by atoms with E-state index in [4.69, 9.17) is 4.74 Å². The SMILES string of the molecule is CCNc1cc(COCC2CC2)ccn1. The number of hydrogen-bond acceptors (Lipinski definition) is 3. The van der Waals surface area contributed by atoms with Gasteiger partial charge in [-0.25, -0.2) is 4.98 Å². The summed E-state index contributed by atoms with van der Waals surface area (Å²) in [6.45, 7) is 4.59. The van der Waals surface area contributed by atoms with Gasteiger partial charge in [0.05, 0.1) is 6.61 Å².